The van der Waals surface area contributed by atoms with E-state index >= 15 is 0 Å². The summed E-state index contributed by atoms with van der Waals surface area (Å²) < 4.78 is 0. The molecule has 1 heterocycles. The number of rotatable bonds is 6. The van der Waals surface area contributed by atoms with Crippen LogP contribution in [0.2, 0.25) is 0 Å². The van der Waals surface area contributed by atoms with Crippen LogP contribution in [0.3, 0.4) is 0 Å². The minimum Gasteiger partial charge on any atom is -0.335 e. The molecule has 2 aromatic rings. The van der Waals surface area contributed by atoms with Gasteiger partial charge >= 0.3 is 0 Å². The van der Waals surface area contributed by atoms with Gasteiger partial charge in [0.05, 0.1) is 5.54 Å². The molecular weight excluding hydrogens is 324 g/mol. The summed E-state index contributed by atoms with van der Waals surface area (Å²) in [5, 5.41) is 3.28. The normalized spacial score (nSPS) is 15.4. The molecule has 0 spiro atoms. The van der Waals surface area contributed by atoms with E-state index in [2.05, 4.69) is 37.4 Å². The van der Waals surface area contributed by atoms with Crippen molar-refractivity contribution in [2.45, 2.75) is 32.2 Å². The minimum absolute atomic E-state index is 0.0505. The Labute approximate surface area is 155 Å². The van der Waals surface area contributed by atoms with Crippen LogP contribution < -0.4 is 5.32 Å². The van der Waals surface area contributed by atoms with E-state index in [-0.39, 0.29) is 11.4 Å². The molecular formula is C22H26N2O2. The van der Waals surface area contributed by atoms with Crippen LogP contribution >= 0.6 is 0 Å². The van der Waals surface area contributed by atoms with Gasteiger partial charge in [-0.2, -0.15) is 0 Å². The van der Waals surface area contributed by atoms with Gasteiger partial charge in [0.1, 0.15) is 6.29 Å². The average Bonchev–Trinajstić information content (AvgIpc) is 2.63. The Hall–Kier alpha value is -2.46. The molecule has 4 nitrogen and oxygen atoms in total. The van der Waals surface area contributed by atoms with Crippen molar-refractivity contribution in [2.24, 2.45) is 0 Å². The standard InChI is InChI=1S/C22H26N2O2/c1-16-5-6-17(2)20(13-16)18-7-9-19(10-8-18)21(26)24-14-22(15-24,23-3)11-4-12-25/h5-10,12-13,23H,4,11,14-15H2,1-3H3. The Balaban J connectivity index is 1.70. The maximum atomic E-state index is 12.7. The lowest BCUT2D eigenvalue weighted by Crippen LogP contribution is -2.69. The van der Waals surface area contributed by atoms with Gasteiger partial charge in [-0.05, 0) is 56.1 Å². The molecule has 0 radical (unpaired) electrons. The number of likely N-dealkylation sites (N-methyl/N-ethyl adjacent to an activating group) is 1. The first kappa shape index (κ1) is 18.3. The summed E-state index contributed by atoms with van der Waals surface area (Å²) in [6.45, 7) is 5.48. The van der Waals surface area contributed by atoms with E-state index < -0.39 is 0 Å². The second-order valence-corrected chi connectivity index (χ2v) is 7.29. The molecule has 0 unspecified atom stereocenters. The third kappa shape index (κ3) is 3.56. The van der Waals surface area contributed by atoms with E-state index in [4.69, 9.17) is 0 Å². The Morgan fingerprint density at radius 2 is 1.85 bits per heavy atom. The zero-order valence-electron chi connectivity index (χ0n) is 15.7. The van der Waals surface area contributed by atoms with Crippen molar-refractivity contribution in [1.29, 1.82) is 0 Å². The number of hydrogen-bond acceptors (Lipinski definition) is 3. The van der Waals surface area contributed by atoms with Crippen molar-refractivity contribution < 1.29 is 9.59 Å². The summed E-state index contributed by atoms with van der Waals surface area (Å²) in [4.78, 5) is 25.2. The lowest BCUT2D eigenvalue weighted by Gasteiger charge is -2.50. The van der Waals surface area contributed by atoms with E-state index in [1.807, 2.05) is 36.2 Å². The molecule has 0 atom stereocenters. The van der Waals surface area contributed by atoms with E-state index in [0.717, 1.165) is 18.3 Å². The summed E-state index contributed by atoms with van der Waals surface area (Å²) in [5.74, 6) is 0.0505. The largest absolute Gasteiger partial charge is 0.335 e. The van der Waals surface area contributed by atoms with Gasteiger partial charge in [0, 0.05) is 25.1 Å². The summed E-state index contributed by atoms with van der Waals surface area (Å²) in [6.07, 6.45) is 2.23. The number of likely N-dealkylation sites (tertiary alicyclic amines) is 1. The molecule has 0 saturated carbocycles. The highest BCUT2D eigenvalue weighted by Gasteiger charge is 2.43. The van der Waals surface area contributed by atoms with Crippen LogP contribution in [0, 0.1) is 13.8 Å². The molecule has 0 aliphatic carbocycles. The van der Waals surface area contributed by atoms with E-state index in [0.29, 0.717) is 25.1 Å². The molecule has 1 N–H and O–H groups in total. The Morgan fingerprint density at radius 3 is 2.46 bits per heavy atom. The maximum absolute atomic E-state index is 12.7. The SMILES string of the molecule is CNC1(CCC=O)CN(C(=O)c2ccc(-c3cc(C)ccc3C)cc2)C1. The zero-order chi connectivity index (χ0) is 18.7. The summed E-state index contributed by atoms with van der Waals surface area (Å²) >= 11 is 0. The first-order valence-corrected chi connectivity index (χ1v) is 9.07. The van der Waals surface area contributed by atoms with E-state index in [1.54, 1.807) is 0 Å². The Kier molecular flexibility index (Phi) is 5.23. The van der Waals surface area contributed by atoms with Crippen LogP contribution in [0.1, 0.15) is 34.3 Å². The topological polar surface area (TPSA) is 49.4 Å². The summed E-state index contributed by atoms with van der Waals surface area (Å²) in [5.41, 5.74) is 5.38. The Morgan fingerprint density at radius 1 is 1.15 bits per heavy atom. The number of aldehydes is 1. The predicted octanol–water partition coefficient (Wildman–Crippen LogP) is 3.36. The number of aryl methyl sites for hydroxylation is 2. The lowest BCUT2D eigenvalue weighted by molar-refractivity contribution is -0.108. The molecule has 3 rings (SSSR count). The van der Waals surface area contributed by atoms with Gasteiger partial charge in [0.15, 0.2) is 0 Å². The quantitative estimate of drug-likeness (QED) is 0.813. The first-order valence-electron chi connectivity index (χ1n) is 9.07. The molecule has 26 heavy (non-hydrogen) atoms. The third-order valence-electron chi connectivity index (χ3n) is 5.38. The van der Waals surface area contributed by atoms with Crippen LogP contribution in [-0.4, -0.2) is 42.8 Å². The predicted molar refractivity (Wildman–Crippen MR) is 104 cm³/mol. The van der Waals surface area contributed by atoms with Crippen molar-refractivity contribution in [2.75, 3.05) is 20.1 Å². The van der Waals surface area contributed by atoms with E-state index in [9.17, 15) is 9.59 Å². The smallest absolute Gasteiger partial charge is 0.253 e. The fourth-order valence-corrected chi connectivity index (χ4v) is 3.63. The molecule has 0 bridgehead atoms. The van der Waals surface area contributed by atoms with Crippen LogP contribution in [0.15, 0.2) is 42.5 Å². The number of hydrogen-bond donors (Lipinski definition) is 1. The fraction of sp³-hybridized carbons (Fsp3) is 0.364. The van der Waals surface area contributed by atoms with Gasteiger partial charge in [0.25, 0.3) is 5.91 Å². The van der Waals surface area contributed by atoms with Crippen molar-refractivity contribution >= 4 is 12.2 Å². The van der Waals surface area contributed by atoms with Crippen molar-refractivity contribution in [3.63, 3.8) is 0 Å². The molecule has 1 fully saturated rings. The van der Waals surface area contributed by atoms with Crippen molar-refractivity contribution in [3.05, 3.63) is 59.2 Å². The Bertz CT molecular complexity index is 805. The van der Waals surface area contributed by atoms with Gasteiger partial charge < -0.3 is 15.0 Å². The lowest BCUT2D eigenvalue weighted by atomic mass is 9.84. The van der Waals surface area contributed by atoms with Crippen LogP contribution in [0.4, 0.5) is 0 Å². The monoisotopic (exact) mass is 350 g/mol. The van der Waals surface area contributed by atoms with Gasteiger partial charge in [-0.25, -0.2) is 0 Å². The third-order valence-corrected chi connectivity index (χ3v) is 5.38. The zero-order valence-corrected chi connectivity index (χ0v) is 15.7. The second kappa shape index (κ2) is 7.42. The number of carbonyl (C=O) groups excluding carboxylic acids is 2. The first-order chi connectivity index (χ1) is 12.5. The number of benzene rings is 2. The number of amides is 1. The number of carbonyl (C=O) groups is 2. The van der Waals surface area contributed by atoms with Gasteiger partial charge in [-0.1, -0.05) is 35.9 Å². The van der Waals surface area contributed by atoms with Gasteiger partial charge in [-0.15, -0.1) is 0 Å². The molecule has 1 aliphatic rings. The van der Waals surface area contributed by atoms with Crippen molar-refractivity contribution in [3.8, 4) is 11.1 Å². The van der Waals surface area contributed by atoms with Crippen molar-refractivity contribution in [1.82, 2.24) is 10.2 Å². The molecule has 1 saturated heterocycles. The summed E-state index contributed by atoms with van der Waals surface area (Å²) in [6, 6.07) is 14.3. The molecule has 136 valence electrons. The highest BCUT2D eigenvalue weighted by molar-refractivity contribution is 5.95. The minimum atomic E-state index is -0.116. The van der Waals surface area contributed by atoms with E-state index in [1.165, 1.54) is 16.7 Å². The number of nitrogens with one attached hydrogen (secondary N) is 1. The molecule has 2 aromatic carbocycles. The summed E-state index contributed by atoms with van der Waals surface area (Å²) in [7, 11) is 1.89. The number of nitrogens with zero attached hydrogens (tertiary/aromatic N) is 1. The fourth-order valence-electron chi connectivity index (χ4n) is 3.63. The highest BCUT2D eigenvalue weighted by Crippen LogP contribution is 2.28. The molecule has 1 aliphatic heterocycles. The van der Waals surface area contributed by atoms with Gasteiger partial charge in [-0.3, -0.25) is 4.79 Å². The van der Waals surface area contributed by atoms with Gasteiger partial charge in [0.2, 0.25) is 0 Å². The maximum Gasteiger partial charge on any atom is 0.253 e. The van der Waals surface area contributed by atoms with Crippen LogP contribution in [-0.2, 0) is 4.79 Å². The molecule has 1 amide bonds. The average molecular weight is 350 g/mol. The highest BCUT2D eigenvalue weighted by atomic mass is 16.2. The van der Waals surface area contributed by atoms with Crippen LogP contribution in [0.5, 0.6) is 0 Å². The second-order valence-electron chi connectivity index (χ2n) is 7.29. The molecule has 4 heteroatoms. The van der Waals surface area contributed by atoms with Crippen LogP contribution in [0.25, 0.3) is 11.1 Å². The molecule has 0 aromatic heterocycles.